The van der Waals surface area contributed by atoms with E-state index in [1.54, 1.807) is 0 Å². The minimum absolute atomic E-state index is 0.158. The molecule has 1 heterocycles. The van der Waals surface area contributed by atoms with Crippen molar-refractivity contribution >= 4 is 15.7 Å². The molecule has 0 aromatic heterocycles. The van der Waals surface area contributed by atoms with Gasteiger partial charge in [-0.3, -0.25) is 4.31 Å². The van der Waals surface area contributed by atoms with Gasteiger partial charge >= 0.3 is 0 Å². The van der Waals surface area contributed by atoms with E-state index >= 15 is 0 Å². The molecule has 1 unspecified atom stereocenters. The molecule has 94 valence electrons. The topological polar surface area (TPSA) is 49.4 Å². The molecule has 0 spiro atoms. The second kappa shape index (κ2) is 4.66. The molecule has 2 rings (SSSR count). The van der Waals surface area contributed by atoms with Crippen molar-refractivity contribution in [1.29, 1.82) is 0 Å². The number of nitrogens with zero attached hydrogens (tertiary/aromatic N) is 1. The van der Waals surface area contributed by atoms with Crippen molar-refractivity contribution in [3.63, 3.8) is 0 Å². The molecular weight excluding hydrogens is 236 g/mol. The molecular formula is C12H18N2O2S. The standard InChI is InChI=1S/C12H18N2O2S/c1-10-3-5-12(6-4-10)14-9-11(2)13-7-8-17(14,15)16/h3-6,11,13H,7-9H2,1-2H3. The van der Waals surface area contributed by atoms with Gasteiger partial charge in [-0.15, -0.1) is 0 Å². The Balaban J connectivity index is 2.36. The fraction of sp³-hybridized carbons (Fsp3) is 0.500. The molecule has 1 fully saturated rings. The lowest BCUT2D eigenvalue weighted by atomic mass is 10.2. The first-order valence-electron chi connectivity index (χ1n) is 5.79. The van der Waals surface area contributed by atoms with Gasteiger partial charge in [-0.05, 0) is 26.0 Å². The molecule has 0 aliphatic carbocycles. The summed E-state index contributed by atoms with van der Waals surface area (Å²) < 4.78 is 25.7. The number of hydrogen-bond donors (Lipinski definition) is 1. The Labute approximate surface area is 103 Å². The van der Waals surface area contributed by atoms with Gasteiger partial charge in [0.1, 0.15) is 0 Å². The molecule has 1 atom stereocenters. The summed E-state index contributed by atoms with van der Waals surface area (Å²) in [6, 6.07) is 7.78. The number of benzene rings is 1. The van der Waals surface area contributed by atoms with E-state index in [0.29, 0.717) is 13.1 Å². The van der Waals surface area contributed by atoms with E-state index in [1.807, 2.05) is 38.1 Å². The lowest BCUT2D eigenvalue weighted by molar-refractivity contribution is 0.587. The van der Waals surface area contributed by atoms with Gasteiger partial charge in [0.15, 0.2) is 0 Å². The predicted molar refractivity (Wildman–Crippen MR) is 69.8 cm³/mol. The first-order chi connectivity index (χ1) is 7.99. The summed E-state index contributed by atoms with van der Waals surface area (Å²) in [5, 5.41) is 3.19. The maximum atomic E-state index is 12.1. The lowest BCUT2D eigenvalue weighted by Gasteiger charge is -2.24. The van der Waals surface area contributed by atoms with Crippen molar-refractivity contribution in [3.8, 4) is 0 Å². The molecule has 1 aromatic carbocycles. The molecule has 0 radical (unpaired) electrons. The zero-order valence-electron chi connectivity index (χ0n) is 10.2. The Morgan fingerprint density at radius 1 is 1.29 bits per heavy atom. The number of nitrogens with one attached hydrogen (secondary N) is 1. The van der Waals surface area contributed by atoms with Crippen LogP contribution in [0.5, 0.6) is 0 Å². The lowest BCUT2D eigenvalue weighted by Crippen LogP contribution is -2.37. The second-order valence-electron chi connectivity index (χ2n) is 4.54. The highest BCUT2D eigenvalue weighted by atomic mass is 32.2. The fourth-order valence-corrected chi connectivity index (χ4v) is 3.44. The van der Waals surface area contributed by atoms with E-state index in [0.717, 1.165) is 11.3 Å². The van der Waals surface area contributed by atoms with Crippen LogP contribution in [0.4, 0.5) is 5.69 Å². The van der Waals surface area contributed by atoms with E-state index in [4.69, 9.17) is 0 Å². The van der Waals surface area contributed by atoms with Crippen LogP contribution in [0.15, 0.2) is 24.3 Å². The van der Waals surface area contributed by atoms with Crippen LogP contribution < -0.4 is 9.62 Å². The van der Waals surface area contributed by atoms with Gasteiger partial charge in [-0.1, -0.05) is 17.7 Å². The van der Waals surface area contributed by atoms with Crippen molar-refractivity contribution in [3.05, 3.63) is 29.8 Å². The van der Waals surface area contributed by atoms with E-state index in [9.17, 15) is 8.42 Å². The summed E-state index contributed by atoms with van der Waals surface area (Å²) in [4.78, 5) is 0. The summed E-state index contributed by atoms with van der Waals surface area (Å²) in [7, 11) is -3.19. The van der Waals surface area contributed by atoms with Crippen molar-refractivity contribution in [2.45, 2.75) is 19.9 Å². The third kappa shape index (κ3) is 2.79. The molecule has 0 bridgehead atoms. The smallest absolute Gasteiger partial charge is 0.236 e. The van der Waals surface area contributed by atoms with Crippen molar-refractivity contribution in [1.82, 2.24) is 5.32 Å². The van der Waals surface area contributed by atoms with Crippen molar-refractivity contribution in [2.75, 3.05) is 23.1 Å². The number of rotatable bonds is 1. The molecule has 0 saturated carbocycles. The molecule has 1 aliphatic heterocycles. The van der Waals surface area contributed by atoms with E-state index in [2.05, 4.69) is 5.32 Å². The Hall–Kier alpha value is -1.07. The van der Waals surface area contributed by atoms with E-state index < -0.39 is 10.0 Å². The minimum atomic E-state index is -3.19. The molecule has 17 heavy (non-hydrogen) atoms. The van der Waals surface area contributed by atoms with Gasteiger partial charge in [-0.2, -0.15) is 0 Å². The minimum Gasteiger partial charge on any atom is -0.311 e. The molecule has 1 saturated heterocycles. The Kier molecular flexibility index (Phi) is 3.40. The quantitative estimate of drug-likeness (QED) is 0.817. The SMILES string of the molecule is Cc1ccc(N2CC(C)NCCS2(=O)=O)cc1. The molecule has 5 heteroatoms. The average Bonchev–Trinajstić information content (AvgIpc) is 2.39. The van der Waals surface area contributed by atoms with E-state index in [1.165, 1.54) is 4.31 Å². The van der Waals surface area contributed by atoms with Gasteiger partial charge in [0.2, 0.25) is 10.0 Å². The normalized spacial score (nSPS) is 24.4. The largest absolute Gasteiger partial charge is 0.311 e. The molecule has 1 aliphatic rings. The number of anilines is 1. The maximum Gasteiger partial charge on any atom is 0.236 e. The van der Waals surface area contributed by atoms with Gasteiger partial charge in [-0.25, -0.2) is 8.42 Å². The molecule has 1 aromatic rings. The highest BCUT2D eigenvalue weighted by Gasteiger charge is 2.27. The average molecular weight is 254 g/mol. The molecule has 4 nitrogen and oxygen atoms in total. The van der Waals surface area contributed by atoms with Crippen LogP contribution in [-0.2, 0) is 10.0 Å². The van der Waals surface area contributed by atoms with Gasteiger partial charge in [0, 0.05) is 19.1 Å². The van der Waals surface area contributed by atoms with Crippen molar-refractivity contribution < 1.29 is 8.42 Å². The zero-order valence-corrected chi connectivity index (χ0v) is 11.0. The maximum absolute atomic E-state index is 12.1. The summed E-state index contributed by atoms with van der Waals surface area (Å²) in [6.45, 7) is 5.00. The molecule has 0 amide bonds. The summed E-state index contributed by atoms with van der Waals surface area (Å²) in [5.41, 5.74) is 1.89. The van der Waals surface area contributed by atoms with E-state index in [-0.39, 0.29) is 11.8 Å². The number of sulfonamides is 1. The van der Waals surface area contributed by atoms with Crippen LogP contribution in [0.3, 0.4) is 0 Å². The second-order valence-corrected chi connectivity index (χ2v) is 6.55. The van der Waals surface area contributed by atoms with Crippen molar-refractivity contribution in [2.24, 2.45) is 0 Å². The zero-order chi connectivity index (χ0) is 12.5. The van der Waals surface area contributed by atoms with Crippen LogP contribution >= 0.6 is 0 Å². The Morgan fingerprint density at radius 2 is 1.94 bits per heavy atom. The third-order valence-corrected chi connectivity index (χ3v) is 4.70. The van der Waals surface area contributed by atoms with Gasteiger partial charge < -0.3 is 5.32 Å². The number of aryl methyl sites for hydroxylation is 1. The Morgan fingerprint density at radius 3 is 2.59 bits per heavy atom. The summed E-state index contributed by atoms with van der Waals surface area (Å²) in [6.07, 6.45) is 0. The monoisotopic (exact) mass is 254 g/mol. The highest BCUT2D eigenvalue weighted by molar-refractivity contribution is 7.92. The summed E-state index contributed by atoms with van der Waals surface area (Å²) >= 11 is 0. The molecule has 1 N–H and O–H groups in total. The van der Waals surface area contributed by atoms with Crippen LogP contribution in [0.25, 0.3) is 0 Å². The highest BCUT2D eigenvalue weighted by Crippen LogP contribution is 2.20. The van der Waals surface area contributed by atoms with Crippen LogP contribution in [0.2, 0.25) is 0 Å². The van der Waals surface area contributed by atoms with Crippen LogP contribution in [0, 0.1) is 6.92 Å². The first-order valence-corrected chi connectivity index (χ1v) is 7.40. The van der Waals surface area contributed by atoms with Crippen LogP contribution in [0.1, 0.15) is 12.5 Å². The predicted octanol–water partition coefficient (Wildman–Crippen LogP) is 1.12. The summed E-state index contributed by atoms with van der Waals surface area (Å²) in [5.74, 6) is 0.158. The van der Waals surface area contributed by atoms with Crippen LogP contribution in [-0.4, -0.2) is 33.3 Å². The third-order valence-electron chi connectivity index (χ3n) is 2.95. The fourth-order valence-electron chi connectivity index (χ4n) is 1.95. The number of hydrogen-bond acceptors (Lipinski definition) is 3. The van der Waals surface area contributed by atoms with Gasteiger partial charge in [0.05, 0.1) is 11.4 Å². The van der Waals surface area contributed by atoms with Gasteiger partial charge in [0.25, 0.3) is 0 Å². The Bertz CT molecular complexity index is 482. The first kappa shape index (κ1) is 12.4.